The first-order chi connectivity index (χ1) is 12.8. The van der Waals surface area contributed by atoms with Gasteiger partial charge >= 0.3 is 5.69 Å². The number of benzene rings is 1. The zero-order valence-corrected chi connectivity index (χ0v) is 16.8. The van der Waals surface area contributed by atoms with E-state index >= 15 is 0 Å². The molecule has 27 heavy (non-hydrogen) atoms. The molecule has 10 heteroatoms. The van der Waals surface area contributed by atoms with Gasteiger partial charge in [0.25, 0.3) is 0 Å². The number of thioether (sulfide) groups is 1. The number of imidazole rings is 1. The number of hydrogen-bond acceptors (Lipinski definition) is 5. The molecular formula is C17H22N4O4S2. The SMILES string of the molecule is Cn1c(=O)n(C)c2cc(S(=O)(=O)N3CSCC3C(=O)NCC3CC3)ccc21. The number of amides is 1. The summed E-state index contributed by atoms with van der Waals surface area (Å²) in [5, 5.41) is 2.88. The summed E-state index contributed by atoms with van der Waals surface area (Å²) in [6.07, 6.45) is 2.25. The molecule has 1 saturated heterocycles. The second-order valence-corrected chi connectivity index (χ2v) is 10.0. The zero-order valence-electron chi connectivity index (χ0n) is 15.2. The van der Waals surface area contributed by atoms with E-state index in [9.17, 15) is 18.0 Å². The van der Waals surface area contributed by atoms with Gasteiger partial charge in [-0.15, -0.1) is 11.8 Å². The fraction of sp³-hybridized carbons (Fsp3) is 0.529. The molecule has 1 aromatic heterocycles. The van der Waals surface area contributed by atoms with Gasteiger partial charge in [-0.1, -0.05) is 0 Å². The van der Waals surface area contributed by atoms with Crippen molar-refractivity contribution in [3.05, 3.63) is 28.7 Å². The average molecular weight is 411 g/mol. The molecule has 1 saturated carbocycles. The van der Waals surface area contributed by atoms with Gasteiger partial charge in [0.15, 0.2) is 0 Å². The summed E-state index contributed by atoms with van der Waals surface area (Å²) < 4.78 is 30.5. The third kappa shape index (κ3) is 3.19. The second-order valence-electron chi connectivity index (χ2n) is 7.15. The van der Waals surface area contributed by atoms with Crippen LogP contribution in [0.5, 0.6) is 0 Å². The molecule has 0 bridgehead atoms. The van der Waals surface area contributed by atoms with Crippen LogP contribution in [-0.4, -0.2) is 52.0 Å². The number of hydrogen-bond donors (Lipinski definition) is 1. The molecule has 2 fully saturated rings. The van der Waals surface area contributed by atoms with Crippen LogP contribution in [0.4, 0.5) is 0 Å². The van der Waals surface area contributed by atoms with E-state index in [4.69, 9.17) is 0 Å². The lowest BCUT2D eigenvalue weighted by Crippen LogP contribution is -2.47. The van der Waals surface area contributed by atoms with Gasteiger partial charge in [0.05, 0.1) is 21.8 Å². The number of aromatic nitrogens is 2. The van der Waals surface area contributed by atoms with Crippen molar-refractivity contribution in [1.29, 1.82) is 0 Å². The van der Waals surface area contributed by atoms with Gasteiger partial charge in [-0.05, 0) is 37.0 Å². The highest BCUT2D eigenvalue weighted by atomic mass is 32.2. The molecule has 1 atom stereocenters. The Morgan fingerprint density at radius 2 is 1.93 bits per heavy atom. The van der Waals surface area contributed by atoms with Crippen LogP contribution in [0.2, 0.25) is 0 Å². The van der Waals surface area contributed by atoms with E-state index < -0.39 is 16.1 Å². The first-order valence-corrected chi connectivity index (χ1v) is 11.4. The molecule has 8 nitrogen and oxygen atoms in total. The summed E-state index contributed by atoms with van der Waals surface area (Å²) in [5.41, 5.74) is 0.995. The topological polar surface area (TPSA) is 93.4 Å². The third-order valence-corrected chi connectivity index (χ3v) is 8.28. The standard InChI is InChI=1S/C17H22N4O4S2/c1-19-13-6-5-12(7-14(13)20(2)17(19)23)27(24,25)21-10-26-9-15(21)16(22)18-8-11-3-4-11/h5-7,11,15H,3-4,8-10H2,1-2H3,(H,18,22). The summed E-state index contributed by atoms with van der Waals surface area (Å²) in [6.45, 7) is 0.617. The predicted octanol–water partition coefficient (Wildman–Crippen LogP) is 0.467. The lowest BCUT2D eigenvalue weighted by molar-refractivity contribution is -0.123. The van der Waals surface area contributed by atoms with Gasteiger partial charge in [0.2, 0.25) is 15.9 Å². The van der Waals surface area contributed by atoms with Gasteiger partial charge in [-0.3, -0.25) is 13.9 Å². The Bertz CT molecular complexity index is 1070. The quantitative estimate of drug-likeness (QED) is 0.773. The predicted molar refractivity (Wildman–Crippen MR) is 104 cm³/mol. The minimum absolute atomic E-state index is 0.0960. The van der Waals surface area contributed by atoms with Gasteiger partial charge in [-0.2, -0.15) is 4.31 Å². The summed E-state index contributed by atoms with van der Waals surface area (Å²) in [5.74, 6) is 0.996. The molecule has 0 radical (unpaired) electrons. The number of nitrogens with one attached hydrogen (secondary N) is 1. The van der Waals surface area contributed by atoms with Crippen LogP contribution in [0.1, 0.15) is 12.8 Å². The van der Waals surface area contributed by atoms with Gasteiger partial charge < -0.3 is 5.32 Å². The molecule has 2 aliphatic rings. The van der Waals surface area contributed by atoms with Crippen molar-refractivity contribution in [2.24, 2.45) is 20.0 Å². The first-order valence-electron chi connectivity index (χ1n) is 8.83. The van der Waals surface area contributed by atoms with E-state index in [2.05, 4.69) is 5.32 Å². The maximum Gasteiger partial charge on any atom is 0.328 e. The lowest BCUT2D eigenvalue weighted by atomic mass is 10.3. The molecule has 0 spiro atoms. The number of carbonyl (C=O) groups excluding carboxylic acids is 1. The molecule has 4 rings (SSSR count). The van der Waals surface area contributed by atoms with Crippen molar-refractivity contribution in [3.8, 4) is 0 Å². The number of rotatable bonds is 5. The normalized spacial score (nSPS) is 21.0. The monoisotopic (exact) mass is 410 g/mol. The van der Waals surface area contributed by atoms with Crippen molar-refractivity contribution in [1.82, 2.24) is 18.8 Å². The maximum absolute atomic E-state index is 13.2. The van der Waals surface area contributed by atoms with E-state index in [1.54, 1.807) is 20.2 Å². The van der Waals surface area contributed by atoms with Crippen LogP contribution in [-0.2, 0) is 28.9 Å². The summed E-state index contributed by atoms with van der Waals surface area (Å²) in [4.78, 5) is 24.7. The van der Waals surface area contributed by atoms with E-state index in [-0.39, 0.29) is 22.4 Å². The van der Waals surface area contributed by atoms with Crippen LogP contribution in [0, 0.1) is 5.92 Å². The fourth-order valence-electron chi connectivity index (χ4n) is 3.34. The molecule has 1 aliphatic carbocycles. The molecule has 1 aromatic carbocycles. The summed E-state index contributed by atoms with van der Waals surface area (Å²) >= 11 is 1.43. The van der Waals surface area contributed by atoms with Crippen LogP contribution < -0.4 is 11.0 Å². The Morgan fingerprint density at radius 1 is 1.22 bits per heavy atom. The molecule has 1 amide bonds. The van der Waals surface area contributed by atoms with Gasteiger partial charge in [0.1, 0.15) is 6.04 Å². The molecular weight excluding hydrogens is 388 g/mol. The third-order valence-electron chi connectivity index (χ3n) is 5.26. The fourth-order valence-corrected chi connectivity index (χ4v) is 6.51. The van der Waals surface area contributed by atoms with Crippen LogP contribution in [0.3, 0.4) is 0 Å². The van der Waals surface area contributed by atoms with Crippen LogP contribution >= 0.6 is 11.8 Å². The molecule has 1 N–H and O–H groups in total. The number of nitrogens with zero attached hydrogens (tertiary/aromatic N) is 3. The number of fused-ring (bicyclic) bond motifs is 1. The second kappa shape index (κ2) is 6.68. The van der Waals surface area contributed by atoms with E-state index in [1.165, 1.54) is 37.3 Å². The average Bonchev–Trinajstić information content (AvgIpc) is 3.30. The Hall–Kier alpha value is -1.78. The van der Waals surface area contributed by atoms with Gasteiger partial charge in [-0.25, -0.2) is 13.2 Å². The number of carbonyl (C=O) groups is 1. The highest BCUT2D eigenvalue weighted by molar-refractivity contribution is 8.00. The lowest BCUT2D eigenvalue weighted by Gasteiger charge is -2.22. The first kappa shape index (κ1) is 18.6. The molecule has 2 heterocycles. The summed E-state index contributed by atoms with van der Waals surface area (Å²) in [6, 6.07) is 3.94. The Kier molecular flexibility index (Phi) is 4.59. The summed E-state index contributed by atoms with van der Waals surface area (Å²) in [7, 11) is -0.580. The molecule has 2 aromatic rings. The van der Waals surface area contributed by atoms with Gasteiger partial charge in [0, 0.05) is 26.4 Å². The Balaban J connectivity index is 1.65. The molecule has 1 aliphatic heterocycles. The van der Waals surface area contributed by atoms with E-state index in [0.717, 1.165) is 12.8 Å². The number of aryl methyl sites for hydroxylation is 2. The zero-order chi connectivity index (χ0) is 19.3. The highest BCUT2D eigenvalue weighted by Gasteiger charge is 2.40. The minimum Gasteiger partial charge on any atom is -0.354 e. The van der Waals surface area contributed by atoms with Crippen LogP contribution in [0.15, 0.2) is 27.9 Å². The van der Waals surface area contributed by atoms with Crippen LogP contribution in [0.25, 0.3) is 11.0 Å². The van der Waals surface area contributed by atoms with Crippen molar-refractivity contribution in [3.63, 3.8) is 0 Å². The van der Waals surface area contributed by atoms with Crippen molar-refractivity contribution in [2.45, 2.75) is 23.8 Å². The van der Waals surface area contributed by atoms with Crippen molar-refractivity contribution >= 4 is 38.7 Å². The van der Waals surface area contributed by atoms with Crippen molar-refractivity contribution in [2.75, 3.05) is 18.2 Å². The maximum atomic E-state index is 13.2. The smallest absolute Gasteiger partial charge is 0.328 e. The van der Waals surface area contributed by atoms with E-state index in [1.807, 2.05) is 0 Å². The largest absolute Gasteiger partial charge is 0.354 e. The minimum atomic E-state index is -3.84. The molecule has 146 valence electrons. The van der Waals surface area contributed by atoms with E-state index in [0.29, 0.717) is 29.2 Å². The Morgan fingerprint density at radius 3 is 2.63 bits per heavy atom. The highest BCUT2D eigenvalue weighted by Crippen LogP contribution is 2.31. The van der Waals surface area contributed by atoms with Crippen molar-refractivity contribution < 1.29 is 13.2 Å². The Labute approximate surface area is 161 Å². The number of sulfonamides is 1. The molecule has 1 unspecified atom stereocenters.